The fourth-order valence-corrected chi connectivity index (χ4v) is 0.788. The van der Waals surface area contributed by atoms with E-state index in [0.29, 0.717) is 6.07 Å². The van der Waals surface area contributed by atoms with E-state index in [1.165, 1.54) is 0 Å². The molecule has 0 fully saturated rings. The second-order valence-corrected chi connectivity index (χ2v) is 2.52. The zero-order valence-corrected chi connectivity index (χ0v) is 7.23. The van der Waals surface area contributed by atoms with Crippen LogP contribution in [0.25, 0.3) is 0 Å². The number of nitrogens with zero attached hydrogens (tertiary/aromatic N) is 1. The fraction of sp³-hybridized carbons (Fsp3) is 0.143. The summed E-state index contributed by atoms with van der Waals surface area (Å²) < 4.78 is 29.5. The third-order valence-electron chi connectivity index (χ3n) is 1.09. The van der Waals surface area contributed by atoms with Crippen molar-refractivity contribution in [2.24, 2.45) is 0 Å². The Balaban J connectivity index is 3.12. The maximum atomic E-state index is 12.7. The monoisotopic (exact) mass is 207 g/mol. The molecule has 0 unspecified atom stereocenters. The molecule has 70 valence electrons. The molecule has 3 nitrogen and oxygen atoms in total. The molecular weight excluding hydrogens is 204 g/mol. The maximum Gasteiger partial charge on any atom is 0.309 e. The molecule has 0 aliphatic carbocycles. The van der Waals surface area contributed by atoms with Gasteiger partial charge in [0.25, 0.3) is 0 Å². The SMILES string of the molecule is CC(=O)Oc1nc(F)cc(F)c1Cl. The number of carbonyl (C=O) groups is 1. The number of pyridine rings is 1. The summed E-state index contributed by atoms with van der Waals surface area (Å²) >= 11 is 5.33. The quantitative estimate of drug-likeness (QED) is 0.522. The third kappa shape index (κ3) is 2.35. The van der Waals surface area contributed by atoms with E-state index in [-0.39, 0.29) is 0 Å². The molecular formula is C7H4ClF2NO2. The number of hydrogen-bond donors (Lipinski definition) is 0. The highest BCUT2D eigenvalue weighted by Gasteiger charge is 2.13. The fourth-order valence-electron chi connectivity index (χ4n) is 0.652. The van der Waals surface area contributed by atoms with E-state index in [2.05, 4.69) is 9.72 Å². The van der Waals surface area contributed by atoms with Crippen LogP contribution in [0.3, 0.4) is 0 Å². The lowest BCUT2D eigenvalue weighted by atomic mass is 10.4. The number of rotatable bonds is 1. The summed E-state index contributed by atoms with van der Waals surface area (Å²) in [7, 11) is 0. The van der Waals surface area contributed by atoms with E-state index >= 15 is 0 Å². The first-order chi connectivity index (χ1) is 6.00. The summed E-state index contributed by atoms with van der Waals surface area (Å²) in [5.41, 5.74) is 0. The first-order valence-corrected chi connectivity index (χ1v) is 3.58. The Bertz CT molecular complexity index is 357. The molecule has 6 heteroatoms. The van der Waals surface area contributed by atoms with Gasteiger partial charge < -0.3 is 4.74 Å². The van der Waals surface area contributed by atoms with E-state index in [4.69, 9.17) is 11.6 Å². The van der Waals surface area contributed by atoms with Crippen LogP contribution in [0, 0.1) is 11.8 Å². The summed E-state index contributed by atoms with van der Waals surface area (Å²) in [4.78, 5) is 13.5. The smallest absolute Gasteiger partial charge is 0.309 e. The standard InChI is InChI=1S/C7H4ClF2NO2/c1-3(12)13-7-6(8)4(9)2-5(10)11-7/h2H,1H3. The predicted octanol–water partition coefficient (Wildman–Crippen LogP) is 1.94. The molecule has 0 amide bonds. The Morgan fingerprint density at radius 3 is 2.77 bits per heavy atom. The van der Waals surface area contributed by atoms with Gasteiger partial charge in [0.2, 0.25) is 11.8 Å². The summed E-state index contributed by atoms with van der Waals surface area (Å²) in [6.07, 6.45) is 0. The normalized spacial score (nSPS) is 9.85. The molecule has 1 aromatic rings. The van der Waals surface area contributed by atoms with Crippen LogP contribution in [0.1, 0.15) is 6.92 Å². The van der Waals surface area contributed by atoms with Gasteiger partial charge in [0.1, 0.15) is 5.02 Å². The van der Waals surface area contributed by atoms with Crippen LogP contribution >= 0.6 is 11.6 Å². The second kappa shape index (κ2) is 3.66. The zero-order chi connectivity index (χ0) is 10.0. The summed E-state index contributed by atoms with van der Waals surface area (Å²) in [5, 5.41) is -0.517. The minimum Gasteiger partial charge on any atom is -0.406 e. The van der Waals surface area contributed by atoms with Gasteiger partial charge in [-0.1, -0.05) is 11.6 Å². The van der Waals surface area contributed by atoms with E-state index in [1.54, 1.807) is 0 Å². The van der Waals surface area contributed by atoms with E-state index in [0.717, 1.165) is 6.92 Å². The highest BCUT2D eigenvalue weighted by molar-refractivity contribution is 6.32. The zero-order valence-electron chi connectivity index (χ0n) is 6.47. The molecule has 13 heavy (non-hydrogen) atoms. The van der Waals surface area contributed by atoms with E-state index < -0.39 is 28.6 Å². The number of esters is 1. The van der Waals surface area contributed by atoms with Crippen LogP contribution in [0.4, 0.5) is 8.78 Å². The van der Waals surface area contributed by atoms with Crippen molar-refractivity contribution in [1.82, 2.24) is 4.98 Å². The summed E-state index contributed by atoms with van der Waals surface area (Å²) in [6.45, 7) is 1.07. The lowest BCUT2D eigenvalue weighted by Crippen LogP contribution is -2.05. The van der Waals surface area contributed by atoms with Gasteiger partial charge in [-0.15, -0.1) is 0 Å². The first-order valence-electron chi connectivity index (χ1n) is 3.20. The topological polar surface area (TPSA) is 39.2 Å². The Hall–Kier alpha value is -1.23. The number of halogens is 3. The molecule has 0 atom stereocenters. The molecule has 1 aromatic heterocycles. The van der Waals surface area contributed by atoms with Crippen LogP contribution in [0.5, 0.6) is 5.88 Å². The molecule has 0 radical (unpaired) electrons. The predicted molar refractivity (Wildman–Crippen MR) is 40.5 cm³/mol. The van der Waals surface area contributed by atoms with Crippen molar-refractivity contribution in [2.45, 2.75) is 6.92 Å². The molecule has 0 aliphatic heterocycles. The van der Waals surface area contributed by atoms with E-state index in [1.807, 2.05) is 0 Å². The number of aromatic nitrogens is 1. The highest BCUT2D eigenvalue weighted by Crippen LogP contribution is 2.25. The summed E-state index contributed by atoms with van der Waals surface area (Å²) in [6, 6.07) is 0.495. The Morgan fingerprint density at radius 1 is 1.62 bits per heavy atom. The molecule has 0 saturated heterocycles. The van der Waals surface area contributed by atoms with Crippen LogP contribution in [0.2, 0.25) is 5.02 Å². The average Bonchev–Trinajstić information content (AvgIpc) is 1.98. The van der Waals surface area contributed by atoms with Crippen molar-refractivity contribution in [1.29, 1.82) is 0 Å². The average molecular weight is 208 g/mol. The molecule has 0 aliphatic rings. The lowest BCUT2D eigenvalue weighted by Gasteiger charge is -2.02. The van der Waals surface area contributed by atoms with Crippen LogP contribution in [0.15, 0.2) is 6.07 Å². The Morgan fingerprint density at radius 2 is 2.23 bits per heavy atom. The Kier molecular flexibility index (Phi) is 2.77. The van der Waals surface area contributed by atoms with E-state index in [9.17, 15) is 13.6 Å². The van der Waals surface area contributed by atoms with Gasteiger partial charge in [-0.25, -0.2) is 4.39 Å². The van der Waals surface area contributed by atoms with Crippen LogP contribution < -0.4 is 4.74 Å². The van der Waals surface area contributed by atoms with Gasteiger partial charge in [0.05, 0.1) is 0 Å². The van der Waals surface area contributed by atoms with Gasteiger partial charge in [-0.2, -0.15) is 9.37 Å². The largest absolute Gasteiger partial charge is 0.406 e. The van der Waals surface area contributed by atoms with Gasteiger partial charge in [-0.3, -0.25) is 4.79 Å². The minimum absolute atomic E-state index is 0.495. The highest BCUT2D eigenvalue weighted by atomic mass is 35.5. The molecule has 0 saturated carbocycles. The van der Waals surface area contributed by atoms with Crippen molar-refractivity contribution in [2.75, 3.05) is 0 Å². The maximum absolute atomic E-state index is 12.7. The lowest BCUT2D eigenvalue weighted by molar-refractivity contribution is -0.132. The van der Waals surface area contributed by atoms with Gasteiger partial charge in [-0.05, 0) is 0 Å². The van der Waals surface area contributed by atoms with Crippen LogP contribution in [-0.4, -0.2) is 11.0 Å². The van der Waals surface area contributed by atoms with Crippen molar-refractivity contribution >= 4 is 17.6 Å². The molecule has 1 heterocycles. The van der Waals surface area contributed by atoms with Crippen molar-refractivity contribution < 1.29 is 18.3 Å². The van der Waals surface area contributed by atoms with Crippen LogP contribution in [-0.2, 0) is 4.79 Å². The number of ether oxygens (including phenoxy) is 1. The molecule has 0 aromatic carbocycles. The number of hydrogen-bond acceptors (Lipinski definition) is 3. The molecule has 0 bridgehead atoms. The number of carbonyl (C=O) groups excluding carboxylic acids is 1. The van der Waals surface area contributed by atoms with Crippen molar-refractivity contribution in [3.8, 4) is 5.88 Å². The van der Waals surface area contributed by atoms with Gasteiger partial charge in [0.15, 0.2) is 5.82 Å². The molecule has 0 spiro atoms. The molecule has 0 N–H and O–H groups in total. The van der Waals surface area contributed by atoms with Gasteiger partial charge in [0, 0.05) is 13.0 Å². The van der Waals surface area contributed by atoms with Crippen molar-refractivity contribution in [3.63, 3.8) is 0 Å². The summed E-state index contributed by atoms with van der Waals surface area (Å²) in [5.74, 6) is -3.44. The first kappa shape index (κ1) is 9.85. The van der Waals surface area contributed by atoms with Gasteiger partial charge >= 0.3 is 5.97 Å². The molecule has 1 rings (SSSR count). The van der Waals surface area contributed by atoms with Crippen molar-refractivity contribution in [3.05, 3.63) is 22.9 Å². The Labute approximate surface area is 77.3 Å². The second-order valence-electron chi connectivity index (χ2n) is 2.14. The third-order valence-corrected chi connectivity index (χ3v) is 1.43. The minimum atomic E-state index is -1.10.